The second kappa shape index (κ2) is 9.88. The van der Waals surface area contributed by atoms with Gasteiger partial charge in [0.25, 0.3) is 0 Å². The molecule has 164 valence electrons. The predicted octanol–water partition coefficient (Wildman–Crippen LogP) is 1.85. The number of aryl methyl sites for hydroxylation is 1. The number of hydrogen-bond donors (Lipinski definition) is 2. The molecule has 0 saturated heterocycles. The van der Waals surface area contributed by atoms with Crippen LogP contribution in [0.3, 0.4) is 0 Å². The van der Waals surface area contributed by atoms with Crippen LogP contribution in [-0.4, -0.2) is 57.6 Å². The Morgan fingerprint density at radius 2 is 2.16 bits per heavy atom. The van der Waals surface area contributed by atoms with E-state index < -0.39 is 0 Å². The first-order chi connectivity index (χ1) is 15.1. The highest BCUT2D eigenvalue weighted by Gasteiger charge is 2.22. The summed E-state index contributed by atoms with van der Waals surface area (Å²) in [4.78, 5) is 13.3. The number of rotatable bonds is 7. The van der Waals surface area contributed by atoms with Crippen LogP contribution in [0.25, 0.3) is 11.4 Å². The van der Waals surface area contributed by atoms with Crippen LogP contribution in [0.1, 0.15) is 24.0 Å². The molecule has 1 unspecified atom stereocenters. The van der Waals surface area contributed by atoms with Crippen LogP contribution in [0, 0.1) is 0 Å². The first kappa shape index (κ1) is 21.3. The summed E-state index contributed by atoms with van der Waals surface area (Å²) >= 11 is 5.92. The van der Waals surface area contributed by atoms with Crippen LogP contribution in [-0.2, 0) is 30.7 Å². The van der Waals surface area contributed by atoms with Crippen molar-refractivity contribution in [3.05, 3.63) is 46.8 Å². The number of guanidine groups is 1. The van der Waals surface area contributed by atoms with Gasteiger partial charge >= 0.3 is 0 Å². The van der Waals surface area contributed by atoms with Crippen molar-refractivity contribution >= 4 is 17.6 Å². The van der Waals surface area contributed by atoms with Crippen molar-refractivity contribution in [2.45, 2.75) is 38.5 Å². The molecule has 1 aliphatic rings. The standard InChI is InChI=1S/C20H25ClN8O2/c1-22-20(24-15-7-8-17-25-16(12-30-2)27-29(17)11-15)23-10-9-18-26-19(28-31-18)13-3-5-14(21)6-4-13/h3-6,15H,7-12H2,1-2H3,(H2,22,23,24). The van der Waals surface area contributed by atoms with E-state index >= 15 is 0 Å². The van der Waals surface area contributed by atoms with E-state index in [2.05, 4.69) is 35.8 Å². The van der Waals surface area contributed by atoms with Gasteiger partial charge in [0, 0.05) is 50.2 Å². The molecule has 3 aromatic rings. The minimum atomic E-state index is 0.218. The number of aliphatic imine (C=N–C) groups is 1. The molecule has 3 heterocycles. The molecule has 11 heteroatoms. The summed E-state index contributed by atoms with van der Waals surface area (Å²) in [6, 6.07) is 7.55. The SMILES string of the molecule is CN=C(NCCc1nc(-c2ccc(Cl)cc2)no1)NC1CCc2nc(COC)nn2C1. The van der Waals surface area contributed by atoms with E-state index in [0.29, 0.717) is 36.3 Å². The Morgan fingerprint density at radius 3 is 2.94 bits per heavy atom. The highest BCUT2D eigenvalue weighted by molar-refractivity contribution is 6.30. The maximum atomic E-state index is 5.92. The van der Waals surface area contributed by atoms with Crippen LogP contribution < -0.4 is 10.6 Å². The van der Waals surface area contributed by atoms with Gasteiger partial charge in [0.15, 0.2) is 11.8 Å². The van der Waals surface area contributed by atoms with E-state index in [0.717, 1.165) is 42.6 Å². The third-order valence-corrected chi connectivity index (χ3v) is 5.19. The number of nitrogens with zero attached hydrogens (tertiary/aromatic N) is 6. The Balaban J connectivity index is 1.26. The average Bonchev–Trinajstić information content (AvgIpc) is 3.40. The van der Waals surface area contributed by atoms with Crippen LogP contribution in [0.2, 0.25) is 5.02 Å². The molecule has 0 fully saturated rings. The van der Waals surface area contributed by atoms with Gasteiger partial charge in [-0.1, -0.05) is 16.8 Å². The topological polar surface area (TPSA) is 115 Å². The van der Waals surface area contributed by atoms with Crippen LogP contribution in [0.15, 0.2) is 33.8 Å². The molecule has 2 aromatic heterocycles. The molecular weight excluding hydrogens is 420 g/mol. The van der Waals surface area contributed by atoms with Crippen LogP contribution in [0.4, 0.5) is 0 Å². The monoisotopic (exact) mass is 444 g/mol. The van der Waals surface area contributed by atoms with Crippen molar-refractivity contribution in [1.29, 1.82) is 0 Å². The summed E-state index contributed by atoms with van der Waals surface area (Å²) < 4.78 is 12.4. The Morgan fingerprint density at radius 1 is 1.32 bits per heavy atom. The minimum absolute atomic E-state index is 0.218. The van der Waals surface area contributed by atoms with Crippen molar-refractivity contribution in [3.8, 4) is 11.4 Å². The third kappa shape index (κ3) is 5.39. The zero-order chi connectivity index (χ0) is 21.6. The lowest BCUT2D eigenvalue weighted by Crippen LogP contribution is -2.47. The van der Waals surface area contributed by atoms with Crippen molar-refractivity contribution in [2.75, 3.05) is 20.7 Å². The second-order valence-corrected chi connectivity index (χ2v) is 7.64. The Hall–Kier alpha value is -2.98. The van der Waals surface area contributed by atoms with E-state index in [-0.39, 0.29) is 6.04 Å². The lowest BCUT2D eigenvalue weighted by atomic mass is 10.1. The second-order valence-electron chi connectivity index (χ2n) is 7.21. The fraction of sp³-hybridized carbons (Fsp3) is 0.450. The molecule has 1 aromatic carbocycles. The van der Waals surface area contributed by atoms with Gasteiger partial charge in [-0.05, 0) is 30.7 Å². The molecule has 0 saturated carbocycles. The molecule has 0 spiro atoms. The fourth-order valence-electron chi connectivity index (χ4n) is 3.42. The molecule has 0 bridgehead atoms. The molecule has 1 aliphatic heterocycles. The van der Waals surface area contributed by atoms with Gasteiger partial charge in [-0.3, -0.25) is 4.99 Å². The molecule has 31 heavy (non-hydrogen) atoms. The third-order valence-electron chi connectivity index (χ3n) is 4.94. The number of benzene rings is 1. The largest absolute Gasteiger partial charge is 0.377 e. The maximum Gasteiger partial charge on any atom is 0.228 e. The van der Waals surface area contributed by atoms with E-state index in [1.54, 1.807) is 26.3 Å². The zero-order valence-corrected chi connectivity index (χ0v) is 18.3. The summed E-state index contributed by atoms with van der Waals surface area (Å²) in [6.07, 6.45) is 2.40. The maximum absolute atomic E-state index is 5.92. The molecule has 0 radical (unpaired) electrons. The highest BCUT2D eigenvalue weighted by atomic mass is 35.5. The summed E-state index contributed by atoms with van der Waals surface area (Å²) in [7, 11) is 3.40. The molecule has 10 nitrogen and oxygen atoms in total. The molecule has 0 aliphatic carbocycles. The quantitative estimate of drug-likeness (QED) is 0.419. The van der Waals surface area contributed by atoms with Gasteiger partial charge in [0.2, 0.25) is 11.7 Å². The summed E-state index contributed by atoms with van der Waals surface area (Å²) in [5.41, 5.74) is 0.864. The number of aromatic nitrogens is 5. The lowest BCUT2D eigenvalue weighted by molar-refractivity contribution is 0.177. The van der Waals surface area contributed by atoms with E-state index in [9.17, 15) is 0 Å². The Kier molecular flexibility index (Phi) is 6.78. The first-order valence-corrected chi connectivity index (χ1v) is 10.5. The summed E-state index contributed by atoms with van der Waals surface area (Å²) in [5.74, 6) is 3.55. The average molecular weight is 445 g/mol. The van der Waals surface area contributed by atoms with Crippen molar-refractivity contribution in [2.24, 2.45) is 4.99 Å². The van der Waals surface area contributed by atoms with Gasteiger partial charge < -0.3 is 19.9 Å². The van der Waals surface area contributed by atoms with Gasteiger partial charge in [-0.25, -0.2) is 9.67 Å². The molecule has 1 atom stereocenters. The number of ether oxygens (including phenoxy) is 1. The van der Waals surface area contributed by atoms with Crippen molar-refractivity contribution in [1.82, 2.24) is 35.5 Å². The Labute approximate surface area is 185 Å². The van der Waals surface area contributed by atoms with E-state index in [1.165, 1.54) is 0 Å². The summed E-state index contributed by atoms with van der Waals surface area (Å²) in [5, 5.41) is 16.0. The van der Waals surface area contributed by atoms with E-state index in [4.69, 9.17) is 20.9 Å². The van der Waals surface area contributed by atoms with Crippen LogP contribution >= 0.6 is 11.6 Å². The molecule has 2 N–H and O–H groups in total. The van der Waals surface area contributed by atoms with Crippen LogP contribution in [0.5, 0.6) is 0 Å². The summed E-state index contributed by atoms with van der Waals surface area (Å²) in [6.45, 7) is 1.78. The number of fused-ring (bicyclic) bond motifs is 1. The van der Waals surface area contributed by atoms with Gasteiger partial charge in [-0.15, -0.1) is 0 Å². The molecular formula is C20H25ClN8O2. The lowest BCUT2D eigenvalue weighted by Gasteiger charge is -2.25. The Bertz CT molecular complexity index is 1030. The van der Waals surface area contributed by atoms with Crippen molar-refractivity contribution in [3.63, 3.8) is 0 Å². The van der Waals surface area contributed by atoms with Crippen molar-refractivity contribution < 1.29 is 9.26 Å². The van der Waals surface area contributed by atoms with Gasteiger partial charge in [0.05, 0.1) is 6.54 Å². The smallest absolute Gasteiger partial charge is 0.228 e. The predicted molar refractivity (Wildman–Crippen MR) is 116 cm³/mol. The number of nitrogens with one attached hydrogen (secondary N) is 2. The number of methoxy groups -OCH3 is 1. The molecule has 4 rings (SSSR count). The normalized spacial score (nSPS) is 16.2. The minimum Gasteiger partial charge on any atom is -0.377 e. The van der Waals surface area contributed by atoms with Gasteiger partial charge in [-0.2, -0.15) is 10.1 Å². The molecule has 0 amide bonds. The fourth-order valence-corrected chi connectivity index (χ4v) is 3.54. The first-order valence-electron chi connectivity index (χ1n) is 10.1. The zero-order valence-electron chi connectivity index (χ0n) is 17.5. The van der Waals surface area contributed by atoms with Gasteiger partial charge in [0.1, 0.15) is 12.4 Å². The number of halogens is 1. The number of hydrogen-bond acceptors (Lipinski definition) is 7. The van der Waals surface area contributed by atoms with E-state index in [1.807, 2.05) is 16.8 Å². The highest BCUT2D eigenvalue weighted by Crippen LogP contribution is 2.18.